The number of hydrogen-bond acceptors (Lipinski definition) is 5. The van der Waals surface area contributed by atoms with E-state index < -0.39 is 0 Å². The molecule has 2 heterocycles. The molecule has 1 atom stereocenters. The normalized spacial score (nSPS) is 14.8. The molecule has 0 saturated carbocycles. The molecule has 1 aromatic carbocycles. The Balaban J connectivity index is 1.55. The van der Waals surface area contributed by atoms with Crippen LogP contribution in [0.3, 0.4) is 0 Å². The first kappa shape index (κ1) is 18.4. The van der Waals surface area contributed by atoms with Crippen molar-refractivity contribution in [2.45, 2.75) is 56.7 Å². The summed E-state index contributed by atoms with van der Waals surface area (Å²) in [4.78, 5) is 24.2. The highest BCUT2D eigenvalue weighted by Gasteiger charge is 2.23. The van der Waals surface area contributed by atoms with E-state index in [1.807, 2.05) is 25.1 Å². The Hall–Kier alpha value is -1.92. The maximum Gasteiger partial charge on any atom is 0.237 e. The van der Waals surface area contributed by atoms with E-state index >= 15 is 0 Å². The molecule has 0 bridgehead atoms. The molecule has 0 saturated heterocycles. The van der Waals surface area contributed by atoms with Crippen molar-refractivity contribution in [2.75, 3.05) is 5.32 Å². The Morgan fingerprint density at radius 1 is 1.19 bits per heavy atom. The van der Waals surface area contributed by atoms with Gasteiger partial charge in [0.15, 0.2) is 0 Å². The van der Waals surface area contributed by atoms with E-state index in [1.54, 1.807) is 17.7 Å². The summed E-state index contributed by atoms with van der Waals surface area (Å²) >= 11 is 3.32. The zero-order chi connectivity index (χ0) is 19.0. The summed E-state index contributed by atoms with van der Waals surface area (Å²) in [6.45, 7) is 6.07. The predicted octanol–water partition coefficient (Wildman–Crippen LogP) is 5.31. The van der Waals surface area contributed by atoms with Crippen molar-refractivity contribution in [3.05, 3.63) is 46.1 Å². The topological polar surface area (TPSA) is 54.9 Å². The summed E-state index contributed by atoms with van der Waals surface area (Å²) in [5, 5.41) is 4.91. The lowest BCUT2D eigenvalue weighted by Gasteiger charge is -2.14. The number of thioether (sulfide) groups is 1. The molecule has 0 spiro atoms. The van der Waals surface area contributed by atoms with E-state index in [1.165, 1.54) is 51.6 Å². The number of thiophene rings is 1. The standard InChI is InChI=1S/C21H23N3OS2/c1-12-8-9-15(10-13(12)2)24-19(25)14(3)26-20-18-16-6-4-5-7-17(16)27-21(18)23-11-22-20/h8-11,14H,4-7H2,1-3H3,(H,24,25)/t14-/m1/s1. The van der Waals surface area contributed by atoms with Crippen molar-refractivity contribution < 1.29 is 4.79 Å². The van der Waals surface area contributed by atoms with Crippen LogP contribution in [0.4, 0.5) is 5.69 Å². The average molecular weight is 398 g/mol. The first-order valence-electron chi connectivity index (χ1n) is 9.33. The molecule has 0 fully saturated rings. The third-order valence-corrected chi connectivity index (χ3v) is 7.45. The highest BCUT2D eigenvalue weighted by atomic mass is 32.2. The molecule has 3 aromatic rings. The molecule has 4 rings (SSSR count). The minimum absolute atomic E-state index is 0.000822. The molecular weight excluding hydrogens is 374 g/mol. The van der Waals surface area contributed by atoms with Crippen LogP contribution in [0.1, 0.15) is 41.3 Å². The molecule has 1 amide bonds. The number of rotatable bonds is 4. The molecule has 4 nitrogen and oxygen atoms in total. The van der Waals surface area contributed by atoms with Crippen molar-refractivity contribution in [1.82, 2.24) is 9.97 Å². The van der Waals surface area contributed by atoms with E-state index in [0.717, 1.165) is 28.4 Å². The number of aromatic nitrogens is 2. The number of carbonyl (C=O) groups excluding carboxylic acids is 1. The zero-order valence-electron chi connectivity index (χ0n) is 15.8. The highest BCUT2D eigenvalue weighted by molar-refractivity contribution is 8.00. The summed E-state index contributed by atoms with van der Waals surface area (Å²) in [7, 11) is 0. The lowest BCUT2D eigenvalue weighted by atomic mass is 9.97. The molecule has 0 radical (unpaired) electrons. The van der Waals surface area contributed by atoms with Gasteiger partial charge in [0.25, 0.3) is 0 Å². The van der Waals surface area contributed by atoms with E-state index in [4.69, 9.17) is 0 Å². The number of hydrogen-bond donors (Lipinski definition) is 1. The number of fused-ring (bicyclic) bond motifs is 3. The Kier molecular flexibility index (Phi) is 5.19. The fraction of sp³-hybridized carbons (Fsp3) is 0.381. The van der Waals surface area contributed by atoms with Gasteiger partial charge in [0.2, 0.25) is 5.91 Å². The monoisotopic (exact) mass is 397 g/mol. The van der Waals surface area contributed by atoms with Crippen LogP contribution >= 0.6 is 23.1 Å². The average Bonchev–Trinajstić information content (AvgIpc) is 3.04. The van der Waals surface area contributed by atoms with Crippen molar-refractivity contribution in [2.24, 2.45) is 0 Å². The maximum atomic E-state index is 12.7. The first-order valence-corrected chi connectivity index (χ1v) is 11.0. The van der Waals surface area contributed by atoms with E-state index in [0.29, 0.717) is 0 Å². The van der Waals surface area contributed by atoms with Crippen LogP contribution in [0.15, 0.2) is 29.6 Å². The summed E-state index contributed by atoms with van der Waals surface area (Å²) < 4.78 is 0. The van der Waals surface area contributed by atoms with Crippen molar-refractivity contribution in [1.29, 1.82) is 0 Å². The largest absolute Gasteiger partial charge is 0.325 e. The van der Waals surface area contributed by atoms with Crippen molar-refractivity contribution in [3.8, 4) is 0 Å². The molecule has 0 unspecified atom stereocenters. The third-order valence-electron chi connectivity index (χ3n) is 5.15. The Morgan fingerprint density at radius 2 is 2.00 bits per heavy atom. The smallest absolute Gasteiger partial charge is 0.237 e. The lowest BCUT2D eigenvalue weighted by Crippen LogP contribution is -2.22. The van der Waals surface area contributed by atoms with Crippen LogP contribution < -0.4 is 5.32 Å². The van der Waals surface area contributed by atoms with Crippen LogP contribution in [0, 0.1) is 13.8 Å². The fourth-order valence-corrected chi connectivity index (χ4v) is 5.67. The van der Waals surface area contributed by atoms with Gasteiger partial charge in [0.1, 0.15) is 16.2 Å². The first-order chi connectivity index (χ1) is 13.0. The molecule has 1 aliphatic rings. The van der Waals surface area contributed by atoms with Crippen molar-refractivity contribution in [3.63, 3.8) is 0 Å². The molecule has 27 heavy (non-hydrogen) atoms. The van der Waals surface area contributed by atoms with Crippen LogP contribution in [0.5, 0.6) is 0 Å². The fourth-order valence-electron chi connectivity index (χ4n) is 3.43. The summed E-state index contributed by atoms with van der Waals surface area (Å²) in [6.07, 6.45) is 6.34. The summed E-state index contributed by atoms with van der Waals surface area (Å²) in [5.41, 5.74) is 4.65. The van der Waals surface area contributed by atoms with Gasteiger partial charge < -0.3 is 5.32 Å². The summed E-state index contributed by atoms with van der Waals surface area (Å²) in [6, 6.07) is 6.01. The second kappa shape index (κ2) is 7.60. The van der Waals surface area contributed by atoms with Crippen LogP contribution in [-0.4, -0.2) is 21.1 Å². The number of nitrogens with zero attached hydrogens (tertiary/aromatic N) is 2. The number of anilines is 1. The second-order valence-electron chi connectivity index (χ2n) is 7.12. The van der Waals surface area contributed by atoms with Gasteiger partial charge in [-0.1, -0.05) is 17.8 Å². The molecule has 1 N–H and O–H groups in total. The Labute approximate surface area is 167 Å². The van der Waals surface area contributed by atoms with E-state index in [9.17, 15) is 4.79 Å². The highest BCUT2D eigenvalue weighted by Crippen LogP contribution is 2.40. The van der Waals surface area contributed by atoms with Gasteiger partial charge in [0.05, 0.1) is 5.25 Å². The van der Waals surface area contributed by atoms with Crippen LogP contribution in [0.25, 0.3) is 10.2 Å². The van der Waals surface area contributed by atoms with Gasteiger partial charge in [-0.05, 0) is 75.3 Å². The Bertz CT molecular complexity index is 1010. The molecule has 140 valence electrons. The third kappa shape index (κ3) is 3.73. The quantitative estimate of drug-likeness (QED) is 0.479. The van der Waals surface area contributed by atoms with Gasteiger partial charge in [0, 0.05) is 16.0 Å². The number of amides is 1. The number of carbonyl (C=O) groups is 1. The van der Waals surface area contributed by atoms with Crippen LogP contribution in [0.2, 0.25) is 0 Å². The van der Waals surface area contributed by atoms with Crippen LogP contribution in [-0.2, 0) is 17.6 Å². The number of aryl methyl sites for hydroxylation is 4. The van der Waals surface area contributed by atoms with E-state index in [2.05, 4.69) is 29.1 Å². The number of benzene rings is 1. The lowest BCUT2D eigenvalue weighted by molar-refractivity contribution is -0.115. The van der Waals surface area contributed by atoms with Crippen molar-refractivity contribution >= 4 is 44.9 Å². The summed E-state index contributed by atoms with van der Waals surface area (Å²) in [5.74, 6) is -0.000822. The minimum Gasteiger partial charge on any atom is -0.325 e. The Morgan fingerprint density at radius 3 is 2.81 bits per heavy atom. The minimum atomic E-state index is -0.233. The predicted molar refractivity (Wildman–Crippen MR) is 114 cm³/mol. The van der Waals surface area contributed by atoms with E-state index in [-0.39, 0.29) is 11.2 Å². The zero-order valence-corrected chi connectivity index (χ0v) is 17.5. The van der Waals surface area contributed by atoms with Gasteiger partial charge >= 0.3 is 0 Å². The molecule has 2 aromatic heterocycles. The molecule has 6 heteroatoms. The SMILES string of the molecule is Cc1ccc(NC(=O)[C@@H](C)Sc2ncnc3sc4c(c23)CCCC4)cc1C. The number of nitrogens with one attached hydrogen (secondary N) is 1. The van der Waals surface area contributed by atoms with Gasteiger partial charge in [-0.2, -0.15) is 0 Å². The van der Waals surface area contributed by atoms with Gasteiger partial charge in [-0.15, -0.1) is 11.3 Å². The van der Waals surface area contributed by atoms with Gasteiger partial charge in [-0.3, -0.25) is 4.79 Å². The molecule has 1 aliphatic carbocycles. The van der Waals surface area contributed by atoms with Gasteiger partial charge in [-0.25, -0.2) is 9.97 Å². The second-order valence-corrected chi connectivity index (χ2v) is 9.53. The molecular formula is C21H23N3OS2. The maximum absolute atomic E-state index is 12.7. The molecule has 0 aliphatic heterocycles.